The Morgan fingerprint density at radius 1 is 0.966 bits per heavy atom. The summed E-state index contributed by atoms with van der Waals surface area (Å²) in [7, 11) is 3.12. The summed E-state index contributed by atoms with van der Waals surface area (Å²) >= 11 is 1.33. The lowest BCUT2D eigenvalue weighted by atomic mass is 10.1. The molecule has 3 aromatic rings. The fraction of sp³-hybridized carbons (Fsp3) is 0.227. The summed E-state index contributed by atoms with van der Waals surface area (Å²) in [6.07, 6.45) is 1.01. The third-order valence-corrected chi connectivity index (χ3v) is 5.24. The van der Waals surface area contributed by atoms with Crippen molar-refractivity contribution in [2.75, 3.05) is 25.3 Å². The van der Waals surface area contributed by atoms with Gasteiger partial charge >= 0.3 is 0 Å². The smallest absolute Gasteiger partial charge is 0.234 e. The van der Waals surface area contributed by atoms with Gasteiger partial charge in [0, 0.05) is 17.3 Å². The van der Waals surface area contributed by atoms with Crippen molar-refractivity contribution in [3.8, 4) is 22.8 Å². The van der Waals surface area contributed by atoms with Gasteiger partial charge in [0.05, 0.1) is 25.7 Å². The van der Waals surface area contributed by atoms with Crippen molar-refractivity contribution in [2.45, 2.75) is 18.4 Å². The first-order valence-electron chi connectivity index (χ1n) is 9.20. The van der Waals surface area contributed by atoms with E-state index in [0.717, 1.165) is 17.7 Å². The van der Waals surface area contributed by atoms with E-state index in [1.807, 2.05) is 24.3 Å². The number of rotatable bonds is 8. The third-order valence-electron chi connectivity index (χ3n) is 4.32. The number of anilines is 1. The van der Waals surface area contributed by atoms with Gasteiger partial charge in [-0.15, -0.1) is 10.2 Å². The van der Waals surface area contributed by atoms with E-state index in [2.05, 4.69) is 34.6 Å². The Hall–Kier alpha value is -3.06. The van der Waals surface area contributed by atoms with Crippen LogP contribution in [-0.4, -0.2) is 36.1 Å². The Labute approximate surface area is 174 Å². The predicted molar refractivity (Wildman–Crippen MR) is 116 cm³/mol. The van der Waals surface area contributed by atoms with Gasteiger partial charge in [-0.05, 0) is 36.2 Å². The molecule has 0 atom stereocenters. The Balaban J connectivity index is 1.56. The Bertz CT molecular complexity index is 960. The molecule has 29 heavy (non-hydrogen) atoms. The highest BCUT2D eigenvalue weighted by molar-refractivity contribution is 7.99. The average molecular weight is 410 g/mol. The maximum Gasteiger partial charge on any atom is 0.234 e. The minimum Gasteiger partial charge on any atom is -0.493 e. The van der Waals surface area contributed by atoms with E-state index in [1.54, 1.807) is 32.4 Å². The number of hydrogen-bond donors (Lipinski definition) is 1. The Morgan fingerprint density at radius 3 is 2.34 bits per heavy atom. The molecule has 150 valence electrons. The normalized spacial score (nSPS) is 10.4. The molecule has 1 amide bonds. The topological polar surface area (TPSA) is 73.3 Å². The Morgan fingerprint density at radius 2 is 1.72 bits per heavy atom. The molecule has 0 spiro atoms. The van der Waals surface area contributed by atoms with Gasteiger partial charge < -0.3 is 14.8 Å². The molecule has 2 aromatic carbocycles. The number of carbonyl (C=O) groups excluding carboxylic acids is 1. The number of hydrogen-bond acceptors (Lipinski definition) is 6. The zero-order valence-electron chi connectivity index (χ0n) is 16.6. The number of aromatic nitrogens is 2. The second-order valence-corrected chi connectivity index (χ2v) is 7.21. The third kappa shape index (κ3) is 5.48. The Kier molecular flexibility index (Phi) is 7.08. The summed E-state index contributed by atoms with van der Waals surface area (Å²) in [4.78, 5) is 12.2. The quantitative estimate of drug-likeness (QED) is 0.554. The van der Waals surface area contributed by atoms with Crippen LogP contribution in [-0.2, 0) is 11.2 Å². The highest BCUT2D eigenvalue weighted by atomic mass is 32.2. The number of ether oxygens (including phenoxy) is 2. The van der Waals surface area contributed by atoms with Crippen LogP contribution in [0.4, 0.5) is 5.69 Å². The first-order valence-corrected chi connectivity index (χ1v) is 10.2. The van der Waals surface area contributed by atoms with Crippen LogP contribution in [0, 0.1) is 0 Å². The minimum absolute atomic E-state index is 0.136. The highest BCUT2D eigenvalue weighted by Crippen LogP contribution is 2.30. The number of benzene rings is 2. The summed E-state index contributed by atoms with van der Waals surface area (Å²) in [5.41, 5.74) is 3.77. The van der Waals surface area contributed by atoms with Gasteiger partial charge in [0.25, 0.3) is 0 Å². The fourth-order valence-corrected chi connectivity index (χ4v) is 3.33. The SMILES string of the molecule is CCc1ccc(-c2ccc(SCC(=O)Nc3ccc(OC)c(OC)c3)nn2)cc1. The molecule has 0 bridgehead atoms. The van der Waals surface area contributed by atoms with Gasteiger partial charge in [0.1, 0.15) is 5.03 Å². The van der Waals surface area contributed by atoms with Crippen LogP contribution in [0.5, 0.6) is 11.5 Å². The summed E-state index contributed by atoms with van der Waals surface area (Å²) in [6, 6.07) is 17.3. The first kappa shape index (κ1) is 20.7. The monoisotopic (exact) mass is 409 g/mol. The molecule has 0 aliphatic carbocycles. The van der Waals surface area contributed by atoms with Gasteiger partial charge in [-0.3, -0.25) is 4.79 Å². The number of thioether (sulfide) groups is 1. The van der Waals surface area contributed by atoms with Crippen molar-refractivity contribution in [1.82, 2.24) is 10.2 Å². The van der Waals surface area contributed by atoms with Crippen molar-refractivity contribution in [2.24, 2.45) is 0 Å². The minimum atomic E-state index is -0.136. The molecular formula is C22H23N3O3S. The number of carbonyl (C=O) groups is 1. The average Bonchev–Trinajstić information content (AvgIpc) is 2.78. The second-order valence-electron chi connectivity index (χ2n) is 6.21. The van der Waals surface area contributed by atoms with Crippen LogP contribution in [0.1, 0.15) is 12.5 Å². The van der Waals surface area contributed by atoms with Crippen LogP contribution < -0.4 is 14.8 Å². The van der Waals surface area contributed by atoms with Gasteiger partial charge in [0.2, 0.25) is 5.91 Å². The van der Waals surface area contributed by atoms with Crippen molar-refractivity contribution >= 4 is 23.4 Å². The van der Waals surface area contributed by atoms with Crippen LogP contribution in [0.25, 0.3) is 11.3 Å². The van der Waals surface area contributed by atoms with Gasteiger partial charge in [0.15, 0.2) is 11.5 Å². The van der Waals surface area contributed by atoms with Gasteiger partial charge in [-0.25, -0.2) is 0 Å². The summed E-state index contributed by atoms with van der Waals surface area (Å²) in [6.45, 7) is 2.13. The van der Waals surface area contributed by atoms with Crippen molar-refractivity contribution in [3.63, 3.8) is 0 Å². The molecule has 3 rings (SSSR count). The molecule has 1 heterocycles. The zero-order valence-corrected chi connectivity index (χ0v) is 17.5. The fourth-order valence-electron chi connectivity index (χ4n) is 2.71. The molecule has 6 nitrogen and oxygen atoms in total. The van der Waals surface area contributed by atoms with Crippen LogP contribution in [0.3, 0.4) is 0 Å². The van der Waals surface area contributed by atoms with E-state index < -0.39 is 0 Å². The van der Waals surface area contributed by atoms with E-state index in [1.165, 1.54) is 17.3 Å². The number of nitrogens with one attached hydrogen (secondary N) is 1. The van der Waals surface area contributed by atoms with E-state index in [9.17, 15) is 4.79 Å². The van der Waals surface area contributed by atoms with Crippen molar-refractivity contribution in [1.29, 1.82) is 0 Å². The lowest BCUT2D eigenvalue weighted by Crippen LogP contribution is -2.14. The van der Waals surface area contributed by atoms with E-state index in [0.29, 0.717) is 22.2 Å². The van der Waals surface area contributed by atoms with Crippen LogP contribution in [0.15, 0.2) is 59.6 Å². The lowest BCUT2D eigenvalue weighted by molar-refractivity contribution is -0.113. The number of amides is 1. The molecule has 0 radical (unpaired) electrons. The molecule has 0 saturated carbocycles. The van der Waals surface area contributed by atoms with Crippen LogP contribution >= 0.6 is 11.8 Å². The molecule has 0 saturated heterocycles. The summed E-state index contributed by atoms with van der Waals surface area (Å²) in [5.74, 6) is 1.27. The standard InChI is InChI=1S/C22H23N3O3S/c1-4-15-5-7-16(8-6-15)18-10-12-22(25-24-18)29-14-21(26)23-17-9-11-19(27-2)20(13-17)28-3/h5-13H,4,14H2,1-3H3,(H,23,26). The molecule has 0 aliphatic heterocycles. The largest absolute Gasteiger partial charge is 0.493 e. The zero-order chi connectivity index (χ0) is 20.6. The van der Waals surface area contributed by atoms with Crippen LogP contribution in [0.2, 0.25) is 0 Å². The van der Waals surface area contributed by atoms with Gasteiger partial charge in [-0.2, -0.15) is 0 Å². The molecule has 0 fully saturated rings. The first-order chi connectivity index (χ1) is 14.1. The maximum atomic E-state index is 12.2. The van der Waals surface area contributed by atoms with E-state index in [-0.39, 0.29) is 11.7 Å². The van der Waals surface area contributed by atoms with Gasteiger partial charge in [-0.1, -0.05) is 43.0 Å². The second kappa shape index (κ2) is 9.93. The molecule has 0 aliphatic rings. The molecule has 7 heteroatoms. The molecule has 0 unspecified atom stereocenters. The number of aryl methyl sites for hydroxylation is 1. The van der Waals surface area contributed by atoms with Crippen molar-refractivity contribution < 1.29 is 14.3 Å². The summed E-state index contributed by atoms with van der Waals surface area (Å²) in [5, 5.41) is 12.0. The highest BCUT2D eigenvalue weighted by Gasteiger charge is 2.09. The predicted octanol–water partition coefficient (Wildman–Crippen LogP) is 4.45. The number of methoxy groups -OCH3 is 2. The van der Waals surface area contributed by atoms with E-state index in [4.69, 9.17) is 9.47 Å². The summed E-state index contributed by atoms with van der Waals surface area (Å²) < 4.78 is 10.4. The van der Waals surface area contributed by atoms with E-state index >= 15 is 0 Å². The molecular weight excluding hydrogens is 386 g/mol. The molecule has 1 N–H and O–H groups in total. The number of nitrogens with zero attached hydrogens (tertiary/aromatic N) is 2. The maximum absolute atomic E-state index is 12.2. The lowest BCUT2D eigenvalue weighted by Gasteiger charge is -2.10. The molecule has 1 aromatic heterocycles. The van der Waals surface area contributed by atoms with Crippen molar-refractivity contribution in [3.05, 3.63) is 60.2 Å².